The molecule has 1 atom stereocenters. The molecule has 1 amide bonds. The van der Waals surface area contributed by atoms with Crippen LogP contribution in [-0.4, -0.2) is 31.9 Å². The zero-order valence-electron chi connectivity index (χ0n) is 14.1. The molecule has 1 aromatic carbocycles. The first-order valence-corrected chi connectivity index (χ1v) is 8.55. The van der Waals surface area contributed by atoms with Crippen molar-refractivity contribution in [1.82, 2.24) is 19.5 Å². The van der Waals surface area contributed by atoms with E-state index in [1.165, 1.54) is 0 Å². The fraction of sp³-hybridized carbons (Fsp3) is 0.200. The van der Waals surface area contributed by atoms with Crippen molar-refractivity contribution in [2.24, 2.45) is 0 Å². The maximum Gasteiger partial charge on any atom is 0.247 e. The van der Waals surface area contributed by atoms with Crippen LogP contribution in [0.1, 0.15) is 35.8 Å². The molecular formula is C20H17N5O. The number of nitrogens with zero attached hydrogens (tertiary/aromatic N) is 5. The van der Waals surface area contributed by atoms with E-state index in [9.17, 15) is 4.79 Å². The molecular weight excluding hydrogens is 326 g/mol. The van der Waals surface area contributed by atoms with Gasteiger partial charge in [0.1, 0.15) is 0 Å². The second-order valence-electron chi connectivity index (χ2n) is 6.24. The number of pyridine rings is 1. The highest BCUT2D eigenvalue weighted by molar-refractivity contribution is 5.92. The number of hydrogen-bond acceptors (Lipinski definition) is 4. The van der Waals surface area contributed by atoms with Crippen LogP contribution in [0.2, 0.25) is 0 Å². The predicted octanol–water partition coefficient (Wildman–Crippen LogP) is 2.98. The predicted molar refractivity (Wildman–Crippen MR) is 96.9 cm³/mol. The van der Waals surface area contributed by atoms with Crippen LogP contribution in [0, 0.1) is 11.3 Å². The molecule has 6 heteroatoms. The molecule has 0 saturated carbocycles. The number of hydrogen-bond donors (Lipinski definition) is 0. The molecule has 0 aliphatic carbocycles. The van der Waals surface area contributed by atoms with Crippen LogP contribution in [0.25, 0.3) is 11.7 Å². The lowest BCUT2D eigenvalue weighted by molar-refractivity contribution is -0.127. The van der Waals surface area contributed by atoms with Gasteiger partial charge in [-0.3, -0.25) is 9.20 Å². The van der Waals surface area contributed by atoms with Crippen molar-refractivity contribution in [3.05, 3.63) is 71.7 Å². The molecule has 1 aliphatic rings. The number of amides is 1. The zero-order valence-corrected chi connectivity index (χ0v) is 14.1. The van der Waals surface area contributed by atoms with Gasteiger partial charge in [0.15, 0.2) is 11.5 Å². The van der Waals surface area contributed by atoms with Gasteiger partial charge in [0.2, 0.25) is 5.91 Å². The van der Waals surface area contributed by atoms with E-state index >= 15 is 0 Å². The van der Waals surface area contributed by atoms with E-state index in [2.05, 4.69) is 16.3 Å². The SMILES string of the molecule is N#Cc1ccc(/C=C\C(=O)N2CCC[C@@H]2c2nnc3ccccn23)cc1. The largest absolute Gasteiger partial charge is 0.329 e. The summed E-state index contributed by atoms with van der Waals surface area (Å²) in [5.74, 6) is 0.766. The van der Waals surface area contributed by atoms with Crippen LogP contribution in [0.5, 0.6) is 0 Å². The summed E-state index contributed by atoms with van der Waals surface area (Å²) < 4.78 is 1.95. The number of carbonyl (C=O) groups is 1. The van der Waals surface area contributed by atoms with Crippen LogP contribution in [0.3, 0.4) is 0 Å². The summed E-state index contributed by atoms with van der Waals surface area (Å²) in [6, 6.07) is 14.9. The average Bonchev–Trinajstić information content (AvgIpc) is 3.33. The molecule has 0 N–H and O–H groups in total. The quantitative estimate of drug-likeness (QED) is 0.685. The maximum atomic E-state index is 12.7. The normalized spacial score (nSPS) is 17.0. The van der Waals surface area contributed by atoms with Crippen LogP contribution in [-0.2, 0) is 4.79 Å². The van der Waals surface area contributed by atoms with Gasteiger partial charge in [-0.2, -0.15) is 5.26 Å². The smallest absolute Gasteiger partial charge is 0.247 e. The molecule has 1 saturated heterocycles. The summed E-state index contributed by atoms with van der Waals surface area (Å²) in [5.41, 5.74) is 2.28. The van der Waals surface area contributed by atoms with E-state index in [-0.39, 0.29) is 11.9 Å². The molecule has 6 nitrogen and oxygen atoms in total. The van der Waals surface area contributed by atoms with Crippen molar-refractivity contribution in [3.8, 4) is 6.07 Å². The van der Waals surface area contributed by atoms with Crippen molar-refractivity contribution in [2.75, 3.05) is 6.54 Å². The second-order valence-corrected chi connectivity index (χ2v) is 6.24. The van der Waals surface area contributed by atoms with Gasteiger partial charge in [0, 0.05) is 18.8 Å². The van der Waals surface area contributed by atoms with Crippen LogP contribution < -0.4 is 0 Å². The summed E-state index contributed by atoms with van der Waals surface area (Å²) in [5, 5.41) is 17.4. The molecule has 26 heavy (non-hydrogen) atoms. The van der Waals surface area contributed by atoms with Gasteiger partial charge in [0.25, 0.3) is 0 Å². The van der Waals surface area contributed by atoms with E-state index in [4.69, 9.17) is 5.26 Å². The monoisotopic (exact) mass is 343 g/mol. The molecule has 0 bridgehead atoms. The maximum absolute atomic E-state index is 12.7. The van der Waals surface area contributed by atoms with Gasteiger partial charge in [-0.1, -0.05) is 18.2 Å². The number of aromatic nitrogens is 3. The summed E-state index contributed by atoms with van der Waals surface area (Å²) >= 11 is 0. The van der Waals surface area contributed by atoms with Crippen molar-refractivity contribution in [1.29, 1.82) is 5.26 Å². The second kappa shape index (κ2) is 6.81. The lowest BCUT2D eigenvalue weighted by Crippen LogP contribution is -2.30. The summed E-state index contributed by atoms with van der Waals surface area (Å²) in [7, 11) is 0. The Labute approximate surface area is 151 Å². The Bertz CT molecular complexity index is 1010. The third kappa shape index (κ3) is 2.95. The minimum Gasteiger partial charge on any atom is -0.329 e. The summed E-state index contributed by atoms with van der Waals surface area (Å²) in [4.78, 5) is 14.6. The highest BCUT2D eigenvalue weighted by atomic mass is 16.2. The Hall–Kier alpha value is -3.46. The molecule has 4 rings (SSSR count). The minimum atomic E-state index is -0.0643. The third-order valence-corrected chi connectivity index (χ3v) is 4.63. The number of rotatable bonds is 3. The molecule has 1 fully saturated rings. The zero-order chi connectivity index (χ0) is 17.9. The number of likely N-dealkylation sites (tertiary alicyclic amines) is 1. The van der Waals surface area contributed by atoms with Gasteiger partial charge in [-0.25, -0.2) is 0 Å². The van der Waals surface area contributed by atoms with Crippen molar-refractivity contribution < 1.29 is 4.79 Å². The molecule has 1 aliphatic heterocycles. The Kier molecular flexibility index (Phi) is 4.20. The third-order valence-electron chi connectivity index (χ3n) is 4.63. The van der Waals surface area contributed by atoms with E-state index < -0.39 is 0 Å². The first-order valence-electron chi connectivity index (χ1n) is 8.55. The molecule has 3 heterocycles. The molecule has 0 unspecified atom stereocenters. The number of carbonyl (C=O) groups excluding carboxylic acids is 1. The standard InChI is InChI=1S/C20H17N5O/c21-14-16-8-6-15(7-9-16)10-11-19(26)24-13-3-4-17(24)20-23-22-18-5-1-2-12-25(18)20/h1-2,5-12,17H,3-4,13H2/b11-10-/t17-/m1/s1. The lowest BCUT2D eigenvalue weighted by atomic mass is 10.1. The molecule has 0 spiro atoms. The van der Waals surface area contributed by atoms with Crippen LogP contribution in [0.15, 0.2) is 54.7 Å². The van der Waals surface area contributed by atoms with Gasteiger partial charge < -0.3 is 4.90 Å². The highest BCUT2D eigenvalue weighted by Gasteiger charge is 2.32. The Balaban J connectivity index is 1.55. The van der Waals surface area contributed by atoms with E-state index in [0.717, 1.165) is 29.9 Å². The Morgan fingerprint density at radius 3 is 2.85 bits per heavy atom. The molecule has 0 radical (unpaired) electrons. The number of benzene rings is 1. The van der Waals surface area contributed by atoms with Crippen LogP contribution in [0.4, 0.5) is 0 Å². The first kappa shape index (κ1) is 16.0. The Morgan fingerprint density at radius 2 is 2.04 bits per heavy atom. The van der Waals surface area contributed by atoms with Crippen molar-refractivity contribution >= 4 is 17.6 Å². The topological polar surface area (TPSA) is 74.3 Å². The number of fused-ring (bicyclic) bond motifs is 1. The summed E-state index contributed by atoms with van der Waals surface area (Å²) in [6.07, 6.45) is 7.12. The Morgan fingerprint density at radius 1 is 1.19 bits per heavy atom. The van der Waals surface area contributed by atoms with Crippen LogP contribution >= 0.6 is 0 Å². The van der Waals surface area contributed by atoms with Crippen molar-refractivity contribution in [2.45, 2.75) is 18.9 Å². The lowest BCUT2D eigenvalue weighted by Gasteiger charge is -2.22. The van der Waals surface area contributed by atoms with E-state index in [1.54, 1.807) is 24.3 Å². The van der Waals surface area contributed by atoms with E-state index in [0.29, 0.717) is 12.1 Å². The van der Waals surface area contributed by atoms with Gasteiger partial charge in [0.05, 0.1) is 17.7 Å². The fourth-order valence-electron chi connectivity index (χ4n) is 3.32. The van der Waals surface area contributed by atoms with E-state index in [1.807, 2.05) is 45.8 Å². The summed E-state index contributed by atoms with van der Waals surface area (Å²) in [6.45, 7) is 0.711. The van der Waals surface area contributed by atoms with Gasteiger partial charge >= 0.3 is 0 Å². The molecule has 128 valence electrons. The first-order chi connectivity index (χ1) is 12.8. The number of nitriles is 1. The van der Waals surface area contributed by atoms with Gasteiger partial charge in [-0.05, 0) is 48.7 Å². The fourth-order valence-corrected chi connectivity index (χ4v) is 3.32. The highest BCUT2D eigenvalue weighted by Crippen LogP contribution is 2.31. The molecule has 2 aromatic heterocycles. The molecule has 3 aromatic rings. The van der Waals surface area contributed by atoms with Gasteiger partial charge in [-0.15, -0.1) is 10.2 Å². The van der Waals surface area contributed by atoms with Crippen molar-refractivity contribution in [3.63, 3.8) is 0 Å². The average molecular weight is 343 g/mol. The minimum absolute atomic E-state index is 0.0375.